The lowest BCUT2D eigenvalue weighted by Gasteiger charge is -2.13. The normalized spacial score (nSPS) is 17.1. The van der Waals surface area contributed by atoms with Gasteiger partial charge in [-0.25, -0.2) is 0 Å². The van der Waals surface area contributed by atoms with Gasteiger partial charge in [-0.15, -0.1) is 0 Å². The summed E-state index contributed by atoms with van der Waals surface area (Å²) in [7, 11) is 0. The van der Waals surface area contributed by atoms with E-state index >= 15 is 0 Å². The Kier molecular flexibility index (Phi) is 3.87. The molecule has 1 aliphatic carbocycles. The van der Waals surface area contributed by atoms with Gasteiger partial charge in [0, 0.05) is 28.5 Å². The molecule has 2 aromatic rings. The molecule has 0 saturated carbocycles. The SMILES string of the molecule is O=[N+]([O-])c1cc(CNC2CCc3c(Br)cccc32)cs1. The zero-order valence-corrected chi connectivity index (χ0v) is 13.0. The maximum atomic E-state index is 10.7. The molecule has 0 fully saturated rings. The van der Waals surface area contributed by atoms with E-state index in [-0.39, 0.29) is 9.92 Å². The third kappa shape index (κ3) is 2.63. The molecule has 104 valence electrons. The maximum Gasteiger partial charge on any atom is 0.324 e. The molecule has 6 heteroatoms. The Balaban J connectivity index is 1.68. The van der Waals surface area contributed by atoms with Crippen molar-refractivity contribution in [1.29, 1.82) is 0 Å². The van der Waals surface area contributed by atoms with E-state index < -0.39 is 0 Å². The molecule has 0 amide bonds. The summed E-state index contributed by atoms with van der Waals surface area (Å²) < 4.78 is 1.17. The van der Waals surface area contributed by atoms with Gasteiger partial charge < -0.3 is 5.32 Å². The third-order valence-electron chi connectivity index (χ3n) is 3.59. The van der Waals surface area contributed by atoms with Crippen molar-refractivity contribution in [3.05, 3.63) is 60.9 Å². The molecule has 1 unspecified atom stereocenters. The molecule has 0 saturated heterocycles. The standard InChI is InChI=1S/C14H13BrN2O2S/c15-12-3-1-2-11-10(12)4-5-13(11)16-7-9-6-14(17(18)19)20-8-9/h1-3,6,8,13,16H,4-5,7H2. The van der Waals surface area contributed by atoms with Crippen LogP contribution >= 0.6 is 27.3 Å². The molecule has 20 heavy (non-hydrogen) atoms. The molecule has 4 nitrogen and oxygen atoms in total. The minimum absolute atomic E-state index is 0.205. The topological polar surface area (TPSA) is 55.2 Å². The van der Waals surface area contributed by atoms with E-state index in [1.807, 2.05) is 5.38 Å². The second-order valence-electron chi connectivity index (χ2n) is 4.83. The fourth-order valence-corrected chi connectivity index (χ4v) is 3.92. The predicted molar refractivity (Wildman–Crippen MR) is 83.0 cm³/mol. The number of nitrogens with zero attached hydrogens (tertiary/aromatic N) is 1. The Morgan fingerprint density at radius 3 is 3.10 bits per heavy atom. The number of hydrogen-bond donors (Lipinski definition) is 1. The van der Waals surface area contributed by atoms with E-state index in [4.69, 9.17) is 0 Å². The van der Waals surface area contributed by atoms with Crippen LogP contribution < -0.4 is 5.32 Å². The largest absolute Gasteiger partial charge is 0.324 e. The quantitative estimate of drug-likeness (QED) is 0.662. The van der Waals surface area contributed by atoms with E-state index in [0.717, 1.165) is 18.4 Å². The van der Waals surface area contributed by atoms with Gasteiger partial charge in [-0.05, 0) is 35.6 Å². The lowest BCUT2D eigenvalue weighted by molar-refractivity contribution is -0.380. The molecule has 1 heterocycles. The average Bonchev–Trinajstić information content (AvgIpc) is 3.03. The van der Waals surface area contributed by atoms with Gasteiger partial charge in [-0.3, -0.25) is 10.1 Å². The van der Waals surface area contributed by atoms with Gasteiger partial charge in [0.1, 0.15) is 0 Å². The summed E-state index contributed by atoms with van der Waals surface area (Å²) in [5.74, 6) is 0. The van der Waals surface area contributed by atoms with Crippen molar-refractivity contribution in [2.24, 2.45) is 0 Å². The minimum atomic E-state index is -0.337. The number of nitro groups is 1. The van der Waals surface area contributed by atoms with Crippen molar-refractivity contribution in [3.63, 3.8) is 0 Å². The Bertz CT molecular complexity index is 656. The van der Waals surface area contributed by atoms with E-state index in [1.54, 1.807) is 6.07 Å². The van der Waals surface area contributed by atoms with Crippen molar-refractivity contribution >= 4 is 32.3 Å². The van der Waals surface area contributed by atoms with Gasteiger partial charge in [-0.1, -0.05) is 39.4 Å². The van der Waals surface area contributed by atoms with E-state index in [9.17, 15) is 10.1 Å². The van der Waals surface area contributed by atoms with Crippen molar-refractivity contribution < 1.29 is 4.92 Å². The summed E-state index contributed by atoms with van der Waals surface area (Å²) in [5, 5.41) is 16.2. The third-order valence-corrected chi connectivity index (χ3v) is 5.26. The zero-order valence-electron chi connectivity index (χ0n) is 10.6. The van der Waals surface area contributed by atoms with Crippen LogP contribution in [-0.2, 0) is 13.0 Å². The molecule has 1 aromatic carbocycles. The van der Waals surface area contributed by atoms with Crippen LogP contribution in [0.4, 0.5) is 5.00 Å². The Morgan fingerprint density at radius 1 is 1.50 bits per heavy atom. The first kappa shape index (κ1) is 13.7. The first-order valence-electron chi connectivity index (χ1n) is 6.37. The number of fused-ring (bicyclic) bond motifs is 1. The highest BCUT2D eigenvalue weighted by atomic mass is 79.9. The molecule has 0 aliphatic heterocycles. The molecule has 1 aliphatic rings. The minimum Gasteiger partial charge on any atom is -0.306 e. The van der Waals surface area contributed by atoms with Crippen LogP contribution in [0.1, 0.15) is 29.2 Å². The first-order valence-corrected chi connectivity index (χ1v) is 8.05. The van der Waals surface area contributed by atoms with Crippen LogP contribution in [0.3, 0.4) is 0 Å². The molecular formula is C14H13BrN2O2S. The van der Waals surface area contributed by atoms with Crippen molar-refractivity contribution in [2.75, 3.05) is 0 Å². The first-order chi connectivity index (χ1) is 9.65. The van der Waals surface area contributed by atoms with Crippen LogP contribution in [0.15, 0.2) is 34.1 Å². The Labute approximate surface area is 129 Å². The summed E-state index contributed by atoms with van der Waals surface area (Å²) in [6, 6.07) is 8.26. The molecule has 1 N–H and O–H groups in total. The maximum absolute atomic E-state index is 10.7. The molecule has 0 spiro atoms. The number of benzene rings is 1. The number of hydrogen-bond acceptors (Lipinski definition) is 4. The van der Waals surface area contributed by atoms with Gasteiger partial charge in [0.15, 0.2) is 0 Å². The Hall–Kier alpha value is -1.24. The summed E-state index contributed by atoms with van der Waals surface area (Å²) in [6.07, 6.45) is 2.14. The summed E-state index contributed by atoms with van der Waals surface area (Å²) >= 11 is 4.77. The molecule has 0 bridgehead atoms. The number of nitrogens with one attached hydrogen (secondary N) is 1. The highest BCUT2D eigenvalue weighted by Crippen LogP contribution is 2.35. The zero-order chi connectivity index (χ0) is 14.1. The second-order valence-corrected chi connectivity index (χ2v) is 6.57. The predicted octanol–water partition coefficient (Wildman–Crippen LogP) is 4.20. The molecule has 0 radical (unpaired) electrons. The highest BCUT2D eigenvalue weighted by molar-refractivity contribution is 9.10. The second kappa shape index (κ2) is 5.63. The van der Waals surface area contributed by atoms with Crippen molar-refractivity contribution in [2.45, 2.75) is 25.4 Å². The van der Waals surface area contributed by atoms with Crippen molar-refractivity contribution in [3.8, 4) is 0 Å². The van der Waals surface area contributed by atoms with Gasteiger partial charge >= 0.3 is 5.00 Å². The average molecular weight is 353 g/mol. The monoisotopic (exact) mass is 352 g/mol. The molecule has 1 atom stereocenters. The fourth-order valence-electron chi connectivity index (χ4n) is 2.61. The van der Waals surface area contributed by atoms with E-state index in [1.165, 1.54) is 26.9 Å². The summed E-state index contributed by atoms with van der Waals surface area (Å²) in [6.45, 7) is 0.668. The van der Waals surface area contributed by atoms with E-state index in [2.05, 4.69) is 39.4 Å². The molecule has 1 aromatic heterocycles. The summed E-state index contributed by atoms with van der Waals surface area (Å²) in [4.78, 5) is 10.3. The van der Waals surface area contributed by atoms with Gasteiger partial charge in [-0.2, -0.15) is 0 Å². The lowest BCUT2D eigenvalue weighted by Crippen LogP contribution is -2.18. The highest BCUT2D eigenvalue weighted by Gasteiger charge is 2.23. The molecular weight excluding hydrogens is 340 g/mol. The van der Waals surface area contributed by atoms with Gasteiger partial charge in [0.2, 0.25) is 0 Å². The van der Waals surface area contributed by atoms with Crippen LogP contribution in [0, 0.1) is 10.1 Å². The van der Waals surface area contributed by atoms with Crippen molar-refractivity contribution in [1.82, 2.24) is 5.32 Å². The number of halogens is 1. The lowest BCUT2D eigenvalue weighted by atomic mass is 10.1. The van der Waals surface area contributed by atoms with Crippen LogP contribution in [-0.4, -0.2) is 4.92 Å². The van der Waals surface area contributed by atoms with Crippen LogP contribution in [0.5, 0.6) is 0 Å². The van der Waals surface area contributed by atoms with E-state index in [0.29, 0.717) is 12.6 Å². The molecule has 3 rings (SSSR count). The number of thiophene rings is 1. The fraction of sp³-hybridized carbons (Fsp3) is 0.286. The Morgan fingerprint density at radius 2 is 2.35 bits per heavy atom. The van der Waals surface area contributed by atoms with Crippen LogP contribution in [0.25, 0.3) is 0 Å². The smallest absolute Gasteiger partial charge is 0.306 e. The summed E-state index contributed by atoms with van der Waals surface area (Å²) in [5.41, 5.74) is 3.69. The van der Waals surface area contributed by atoms with Gasteiger partial charge in [0.05, 0.1) is 4.92 Å². The number of rotatable bonds is 4. The van der Waals surface area contributed by atoms with Gasteiger partial charge in [0.25, 0.3) is 0 Å². The van der Waals surface area contributed by atoms with Crippen LogP contribution in [0.2, 0.25) is 0 Å².